The van der Waals surface area contributed by atoms with Gasteiger partial charge in [-0.05, 0) is 19.2 Å². The number of amides is 2. The maximum Gasteiger partial charge on any atom is 0.313 e. The highest BCUT2D eigenvalue weighted by Gasteiger charge is 2.26. The number of rotatable bonds is 1. The van der Waals surface area contributed by atoms with E-state index >= 15 is 0 Å². The second-order valence-corrected chi connectivity index (χ2v) is 4.77. The highest BCUT2D eigenvalue weighted by Crippen LogP contribution is 2.19. The first-order valence-electron chi connectivity index (χ1n) is 6.32. The molecule has 1 aliphatic rings. The van der Waals surface area contributed by atoms with Gasteiger partial charge in [0.1, 0.15) is 0 Å². The summed E-state index contributed by atoms with van der Waals surface area (Å²) in [4.78, 5) is 26.9. The molecule has 1 heterocycles. The third kappa shape index (κ3) is 3.33. The third-order valence-corrected chi connectivity index (χ3v) is 3.27. The van der Waals surface area contributed by atoms with Crippen molar-refractivity contribution in [2.75, 3.05) is 38.5 Å². The molecule has 2 amide bonds. The lowest BCUT2D eigenvalue weighted by molar-refractivity contribution is -0.144. The first kappa shape index (κ1) is 15.3. The number of hydrogen-bond acceptors (Lipinski definition) is 3. The van der Waals surface area contributed by atoms with Crippen molar-refractivity contribution >= 4 is 17.5 Å². The number of piperazine rings is 1. The zero-order valence-corrected chi connectivity index (χ0v) is 11.3. The highest BCUT2D eigenvalue weighted by atomic mass is 19.2. The quantitative estimate of drug-likeness (QED) is 0.617. The molecule has 1 aromatic rings. The molecule has 114 valence electrons. The minimum atomic E-state index is -1.69. The Labute approximate surface area is 119 Å². The van der Waals surface area contributed by atoms with Crippen molar-refractivity contribution in [3.8, 4) is 0 Å². The van der Waals surface area contributed by atoms with Crippen LogP contribution in [0.3, 0.4) is 0 Å². The van der Waals surface area contributed by atoms with Crippen molar-refractivity contribution in [3.05, 3.63) is 29.6 Å². The van der Waals surface area contributed by atoms with Gasteiger partial charge in [-0.2, -0.15) is 0 Å². The van der Waals surface area contributed by atoms with Gasteiger partial charge in [-0.25, -0.2) is 13.2 Å². The minimum absolute atomic E-state index is 0.378. The maximum absolute atomic E-state index is 13.4. The summed E-state index contributed by atoms with van der Waals surface area (Å²) in [6, 6.07) is 1.54. The number of nitrogens with zero attached hydrogens (tertiary/aromatic N) is 2. The minimum Gasteiger partial charge on any atom is -0.332 e. The van der Waals surface area contributed by atoms with Crippen LogP contribution in [-0.4, -0.2) is 54.8 Å². The summed E-state index contributed by atoms with van der Waals surface area (Å²) in [5.41, 5.74) is -0.568. The molecule has 1 aromatic carbocycles. The molecule has 1 N–H and O–H groups in total. The third-order valence-electron chi connectivity index (χ3n) is 3.27. The van der Waals surface area contributed by atoms with Crippen molar-refractivity contribution < 1.29 is 22.8 Å². The molecule has 0 unspecified atom stereocenters. The lowest BCUT2D eigenvalue weighted by Crippen LogP contribution is -2.50. The van der Waals surface area contributed by atoms with Crippen LogP contribution in [0.25, 0.3) is 0 Å². The number of carbonyl (C=O) groups is 2. The van der Waals surface area contributed by atoms with E-state index in [2.05, 4.69) is 0 Å². The maximum atomic E-state index is 13.4. The van der Waals surface area contributed by atoms with E-state index in [9.17, 15) is 22.8 Å². The number of halogens is 3. The summed E-state index contributed by atoms with van der Waals surface area (Å²) >= 11 is 0. The largest absolute Gasteiger partial charge is 0.332 e. The van der Waals surface area contributed by atoms with Gasteiger partial charge < -0.3 is 15.1 Å². The molecule has 0 aliphatic carbocycles. The van der Waals surface area contributed by atoms with Crippen LogP contribution in [0.2, 0.25) is 0 Å². The van der Waals surface area contributed by atoms with E-state index in [0.29, 0.717) is 32.2 Å². The van der Waals surface area contributed by atoms with Gasteiger partial charge in [-0.1, -0.05) is 0 Å². The molecule has 2 rings (SSSR count). The number of anilines is 1. The van der Waals surface area contributed by atoms with Crippen molar-refractivity contribution in [3.63, 3.8) is 0 Å². The molecule has 5 nitrogen and oxygen atoms in total. The normalized spacial score (nSPS) is 15.9. The Morgan fingerprint density at radius 3 is 2.29 bits per heavy atom. The van der Waals surface area contributed by atoms with Gasteiger partial charge in [0.15, 0.2) is 17.5 Å². The average molecular weight is 301 g/mol. The Kier molecular flexibility index (Phi) is 4.46. The smallest absolute Gasteiger partial charge is 0.313 e. The molecule has 0 bridgehead atoms. The predicted molar refractivity (Wildman–Crippen MR) is 69.0 cm³/mol. The van der Waals surface area contributed by atoms with E-state index in [0.717, 1.165) is 6.07 Å². The first-order chi connectivity index (χ1) is 9.90. The van der Waals surface area contributed by atoms with E-state index in [1.165, 1.54) is 4.90 Å². The number of nitrogens with one attached hydrogen (secondary N) is 1. The molecule has 0 aromatic heterocycles. The lowest BCUT2D eigenvalue weighted by Gasteiger charge is -2.31. The summed E-state index contributed by atoms with van der Waals surface area (Å²) in [6.07, 6.45) is 0. The first-order valence-corrected chi connectivity index (χ1v) is 6.32. The number of likely N-dealkylation sites (N-methyl/N-ethyl adjacent to an activating group) is 1. The molecule has 1 saturated heterocycles. The molecule has 0 radical (unpaired) electrons. The fourth-order valence-electron chi connectivity index (χ4n) is 1.95. The van der Waals surface area contributed by atoms with E-state index in [4.69, 9.17) is 0 Å². The van der Waals surface area contributed by atoms with Crippen molar-refractivity contribution in [2.24, 2.45) is 0 Å². The molecular weight excluding hydrogens is 287 g/mol. The molecular formula is C13H14F3N3O2. The molecule has 1 aliphatic heterocycles. The van der Waals surface area contributed by atoms with Crippen LogP contribution in [-0.2, 0) is 9.59 Å². The molecule has 0 spiro atoms. The molecule has 8 heteroatoms. The van der Waals surface area contributed by atoms with Crippen LogP contribution in [0.1, 0.15) is 0 Å². The van der Waals surface area contributed by atoms with Crippen LogP contribution in [0.4, 0.5) is 18.9 Å². The fraction of sp³-hybridized carbons (Fsp3) is 0.385. The van der Waals surface area contributed by atoms with Gasteiger partial charge in [-0.3, -0.25) is 9.59 Å². The monoisotopic (exact) mass is 301 g/mol. The van der Waals surface area contributed by atoms with Crippen LogP contribution < -0.4 is 5.32 Å². The SMILES string of the molecule is CN1CCN(C(=O)C(=O)Nc2ccc(F)c(F)c2F)CC1. The highest BCUT2D eigenvalue weighted by molar-refractivity contribution is 6.39. The van der Waals surface area contributed by atoms with Gasteiger partial charge in [0, 0.05) is 26.2 Å². The van der Waals surface area contributed by atoms with Crippen LogP contribution >= 0.6 is 0 Å². The van der Waals surface area contributed by atoms with Gasteiger partial charge in [0.2, 0.25) is 0 Å². The van der Waals surface area contributed by atoms with E-state index in [1.54, 1.807) is 0 Å². The zero-order chi connectivity index (χ0) is 15.6. The zero-order valence-electron chi connectivity index (χ0n) is 11.3. The average Bonchev–Trinajstić information content (AvgIpc) is 2.48. The Bertz CT molecular complexity index is 572. The Balaban J connectivity index is 2.04. The number of hydrogen-bond donors (Lipinski definition) is 1. The van der Waals surface area contributed by atoms with Crippen molar-refractivity contribution in [1.29, 1.82) is 0 Å². The number of benzene rings is 1. The summed E-state index contributed by atoms with van der Waals surface area (Å²) in [7, 11) is 1.89. The van der Waals surface area contributed by atoms with Crippen LogP contribution in [0.15, 0.2) is 12.1 Å². The Morgan fingerprint density at radius 1 is 1.05 bits per heavy atom. The molecule has 0 atom stereocenters. The summed E-state index contributed by atoms with van der Waals surface area (Å²) < 4.78 is 39.2. The van der Waals surface area contributed by atoms with Crippen molar-refractivity contribution in [1.82, 2.24) is 9.80 Å². The van der Waals surface area contributed by atoms with E-state index < -0.39 is 35.0 Å². The van der Waals surface area contributed by atoms with Gasteiger partial charge in [-0.15, -0.1) is 0 Å². The molecule has 21 heavy (non-hydrogen) atoms. The number of carbonyl (C=O) groups excluding carboxylic acids is 2. The van der Waals surface area contributed by atoms with Crippen molar-refractivity contribution in [2.45, 2.75) is 0 Å². The van der Waals surface area contributed by atoms with E-state index in [1.807, 2.05) is 17.3 Å². The predicted octanol–water partition coefficient (Wildman–Crippen LogP) is 0.816. The van der Waals surface area contributed by atoms with Crippen LogP contribution in [0.5, 0.6) is 0 Å². The van der Waals surface area contributed by atoms with E-state index in [-0.39, 0.29) is 0 Å². The Morgan fingerprint density at radius 2 is 1.67 bits per heavy atom. The summed E-state index contributed by atoms with van der Waals surface area (Å²) in [5.74, 6) is -6.50. The second-order valence-electron chi connectivity index (χ2n) is 4.77. The van der Waals surface area contributed by atoms with Gasteiger partial charge in [0.05, 0.1) is 5.69 Å². The lowest BCUT2D eigenvalue weighted by atomic mass is 10.2. The Hall–Kier alpha value is -2.09. The van der Waals surface area contributed by atoms with Gasteiger partial charge >= 0.3 is 11.8 Å². The molecule has 1 fully saturated rings. The van der Waals surface area contributed by atoms with Gasteiger partial charge in [0.25, 0.3) is 0 Å². The summed E-state index contributed by atoms with van der Waals surface area (Å²) in [5, 5.41) is 1.96. The molecule has 0 saturated carbocycles. The second kappa shape index (κ2) is 6.13. The fourth-order valence-corrected chi connectivity index (χ4v) is 1.95. The standard InChI is InChI=1S/C13H14F3N3O2/c1-18-4-6-19(7-5-18)13(21)12(20)17-9-3-2-8(14)10(15)11(9)16/h2-3H,4-7H2,1H3,(H,17,20). The topological polar surface area (TPSA) is 52.7 Å². The summed E-state index contributed by atoms with van der Waals surface area (Å²) in [6.45, 7) is 2.00. The van der Waals surface area contributed by atoms with Crippen LogP contribution in [0, 0.1) is 17.5 Å².